The number of carbonyl (C=O) groups is 2. The highest BCUT2D eigenvalue weighted by atomic mass is 16.5. The molecule has 1 aliphatic rings. The quantitative estimate of drug-likeness (QED) is 0.592. The third kappa shape index (κ3) is 5.84. The van der Waals surface area contributed by atoms with Gasteiger partial charge in [0.05, 0.1) is 5.92 Å². The molecular formula is C21H31NO4. The highest BCUT2D eigenvalue weighted by Crippen LogP contribution is 2.44. The number of amides is 1. The zero-order chi connectivity index (χ0) is 18.8. The van der Waals surface area contributed by atoms with E-state index in [4.69, 9.17) is 4.74 Å². The van der Waals surface area contributed by atoms with Crippen molar-refractivity contribution in [2.75, 3.05) is 20.3 Å². The van der Waals surface area contributed by atoms with E-state index in [1.54, 1.807) is 7.11 Å². The number of benzene rings is 1. The summed E-state index contributed by atoms with van der Waals surface area (Å²) in [7, 11) is 1.57. The highest BCUT2D eigenvalue weighted by molar-refractivity contribution is 5.83. The molecule has 0 heterocycles. The third-order valence-electron chi connectivity index (χ3n) is 5.47. The zero-order valence-electron chi connectivity index (χ0n) is 15.7. The molecule has 1 aromatic carbocycles. The average Bonchev–Trinajstić information content (AvgIpc) is 3.12. The first-order chi connectivity index (χ1) is 12.6. The normalized spacial score (nSPS) is 17.0. The summed E-state index contributed by atoms with van der Waals surface area (Å²) >= 11 is 0. The molecule has 0 radical (unpaired) electrons. The molecule has 0 spiro atoms. The van der Waals surface area contributed by atoms with Gasteiger partial charge in [0.15, 0.2) is 0 Å². The molecule has 2 rings (SSSR count). The van der Waals surface area contributed by atoms with Gasteiger partial charge in [0.2, 0.25) is 5.91 Å². The van der Waals surface area contributed by atoms with Crippen LogP contribution in [0.1, 0.15) is 50.5 Å². The van der Waals surface area contributed by atoms with E-state index in [0.717, 1.165) is 38.5 Å². The number of ether oxygens (including phenoxy) is 1. The number of carbonyl (C=O) groups excluding carboxylic acids is 1. The van der Waals surface area contributed by atoms with Crippen molar-refractivity contribution in [1.82, 2.24) is 5.32 Å². The van der Waals surface area contributed by atoms with Crippen LogP contribution in [0.4, 0.5) is 0 Å². The maximum Gasteiger partial charge on any atom is 0.306 e. The Morgan fingerprint density at radius 2 is 1.92 bits per heavy atom. The van der Waals surface area contributed by atoms with Crippen LogP contribution in [0.2, 0.25) is 0 Å². The molecule has 144 valence electrons. The molecule has 1 saturated carbocycles. The Labute approximate surface area is 156 Å². The maximum atomic E-state index is 12.9. The second-order valence-corrected chi connectivity index (χ2v) is 7.35. The number of aliphatic carboxylic acids is 1. The molecule has 1 fully saturated rings. The Morgan fingerprint density at radius 3 is 2.54 bits per heavy atom. The second kappa shape index (κ2) is 10.3. The molecule has 0 bridgehead atoms. The number of hydrogen-bond donors (Lipinski definition) is 2. The number of rotatable bonds is 11. The summed E-state index contributed by atoms with van der Waals surface area (Å²) in [5.74, 6) is -1.32. The smallest absolute Gasteiger partial charge is 0.306 e. The Morgan fingerprint density at radius 1 is 1.23 bits per heavy atom. The van der Waals surface area contributed by atoms with Crippen LogP contribution in [0.3, 0.4) is 0 Å². The van der Waals surface area contributed by atoms with Crippen LogP contribution >= 0.6 is 0 Å². The number of nitrogens with one attached hydrogen (secondary N) is 1. The summed E-state index contributed by atoms with van der Waals surface area (Å²) in [5.41, 5.74) is 0.742. The molecule has 1 aromatic rings. The van der Waals surface area contributed by atoms with Gasteiger partial charge in [0.1, 0.15) is 0 Å². The molecule has 0 saturated heterocycles. The maximum absolute atomic E-state index is 12.9. The van der Waals surface area contributed by atoms with E-state index in [2.05, 4.69) is 17.4 Å². The van der Waals surface area contributed by atoms with Crippen molar-refractivity contribution in [3.63, 3.8) is 0 Å². The minimum absolute atomic E-state index is 0.0340. The van der Waals surface area contributed by atoms with Crippen molar-refractivity contribution in [3.8, 4) is 0 Å². The van der Waals surface area contributed by atoms with Crippen LogP contribution in [-0.2, 0) is 20.7 Å². The van der Waals surface area contributed by atoms with Gasteiger partial charge in [-0.15, -0.1) is 0 Å². The molecule has 0 aromatic heterocycles. The lowest BCUT2D eigenvalue weighted by molar-refractivity contribution is -0.145. The van der Waals surface area contributed by atoms with Crippen LogP contribution in [0.15, 0.2) is 30.3 Å². The van der Waals surface area contributed by atoms with E-state index in [1.165, 1.54) is 5.56 Å². The molecule has 1 amide bonds. The van der Waals surface area contributed by atoms with Gasteiger partial charge in [-0.25, -0.2) is 0 Å². The van der Waals surface area contributed by atoms with Crippen molar-refractivity contribution in [2.24, 2.45) is 11.3 Å². The SMILES string of the molecule is COCCC(CC1(C(=O)NCCCc2ccccc2)CCCC1)C(=O)O. The fourth-order valence-corrected chi connectivity index (χ4v) is 3.95. The van der Waals surface area contributed by atoms with Gasteiger partial charge in [-0.1, -0.05) is 43.2 Å². The third-order valence-corrected chi connectivity index (χ3v) is 5.47. The Kier molecular flexibility index (Phi) is 8.10. The predicted molar refractivity (Wildman–Crippen MR) is 101 cm³/mol. The first-order valence-electron chi connectivity index (χ1n) is 9.61. The van der Waals surface area contributed by atoms with Crippen LogP contribution < -0.4 is 5.32 Å². The van der Waals surface area contributed by atoms with E-state index >= 15 is 0 Å². The van der Waals surface area contributed by atoms with Crippen LogP contribution in [-0.4, -0.2) is 37.2 Å². The van der Waals surface area contributed by atoms with Gasteiger partial charge >= 0.3 is 5.97 Å². The van der Waals surface area contributed by atoms with Crippen LogP contribution in [0.25, 0.3) is 0 Å². The molecule has 0 aliphatic heterocycles. The minimum atomic E-state index is -0.829. The molecule has 1 aliphatic carbocycles. The highest BCUT2D eigenvalue weighted by Gasteiger charge is 2.43. The summed E-state index contributed by atoms with van der Waals surface area (Å²) in [4.78, 5) is 24.5. The van der Waals surface area contributed by atoms with Gasteiger partial charge in [-0.2, -0.15) is 0 Å². The molecule has 1 atom stereocenters. The van der Waals surface area contributed by atoms with Gasteiger partial charge in [-0.3, -0.25) is 9.59 Å². The summed E-state index contributed by atoms with van der Waals surface area (Å²) in [6.45, 7) is 1.04. The summed E-state index contributed by atoms with van der Waals surface area (Å²) < 4.78 is 5.04. The first-order valence-corrected chi connectivity index (χ1v) is 9.61. The van der Waals surface area contributed by atoms with Gasteiger partial charge in [-0.05, 0) is 44.1 Å². The fraction of sp³-hybridized carbons (Fsp3) is 0.619. The standard InChI is InChI=1S/C21H31NO4/c1-26-15-11-18(19(23)24)16-21(12-5-6-13-21)20(25)22-14-7-10-17-8-3-2-4-9-17/h2-4,8-9,18H,5-7,10-16H2,1H3,(H,22,25)(H,23,24). The van der Waals surface area contributed by atoms with Crippen molar-refractivity contribution < 1.29 is 19.4 Å². The Hall–Kier alpha value is -1.88. The lowest BCUT2D eigenvalue weighted by Crippen LogP contribution is -2.42. The molecule has 2 N–H and O–H groups in total. The zero-order valence-corrected chi connectivity index (χ0v) is 15.7. The van der Waals surface area contributed by atoms with E-state index in [9.17, 15) is 14.7 Å². The fourth-order valence-electron chi connectivity index (χ4n) is 3.95. The molecular weight excluding hydrogens is 330 g/mol. The lowest BCUT2D eigenvalue weighted by Gasteiger charge is -2.30. The van der Waals surface area contributed by atoms with Crippen molar-refractivity contribution in [2.45, 2.75) is 51.4 Å². The summed E-state index contributed by atoms with van der Waals surface area (Å²) in [6, 6.07) is 10.2. The molecule has 1 unspecified atom stereocenters. The summed E-state index contributed by atoms with van der Waals surface area (Å²) in [6.07, 6.45) is 6.24. The van der Waals surface area contributed by atoms with Gasteiger partial charge in [0, 0.05) is 25.7 Å². The second-order valence-electron chi connectivity index (χ2n) is 7.35. The average molecular weight is 361 g/mol. The van der Waals surface area contributed by atoms with Crippen LogP contribution in [0, 0.1) is 11.3 Å². The van der Waals surface area contributed by atoms with Crippen molar-refractivity contribution >= 4 is 11.9 Å². The molecule has 26 heavy (non-hydrogen) atoms. The van der Waals surface area contributed by atoms with E-state index < -0.39 is 17.3 Å². The van der Waals surface area contributed by atoms with E-state index in [-0.39, 0.29) is 5.91 Å². The monoisotopic (exact) mass is 361 g/mol. The number of carboxylic acid groups (broad SMARTS) is 1. The van der Waals surface area contributed by atoms with E-state index in [0.29, 0.717) is 26.0 Å². The van der Waals surface area contributed by atoms with Gasteiger partial charge < -0.3 is 15.2 Å². The van der Waals surface area contributed by atoms with Crippen molar-refractivity contribution in [1.29, 1.82) is 0 Å². The number of hydrogen-bond acceptors (Lipinski definition) is 3. The van der Waals surface area contributed by atoms with Crippen LogP contribution in [0.5, 0.6) is 0 Å². The number of carboxylic acids is 1. The van der Waals surface area contributed by atoms with Gasteiger partial charge in [0.25, 0.3) is 0 Å². The van der Waals surface area contributed by atoms with E-state index in [1.807, 2.05) is 18.2 Å². The Bertz CT molecular complexity index is 567. The number of methoxy groups -OCH3 is 1. The topological polar surface area (TPSA) is 75.6 Å². The predicted octanol–water partition coefficient (Wildman–Crippen LogP) is 3.42. The first kappa shape index (κ1) is 20.4. The Balaban J connectivity index is 1.88. The molecule has 5 heteroatoms. The molecule has 5 nitrogen and oxygen atoms in total. The van der Waals surface area contributed by atoms with Crippen molar-refractivity contribution in [3.05, 3.63) is 35.9 Å². The minimum Gasteiger partial charge on any atom is -0.481 e. The lowest BCUT2D eigenvalue weighted by atomic mass is 9.76. The summed E-state index contributed by atoms with van der Waals surface area (Å²) in [5, 5.41) is 12.6. The largest absolute Gasteiger partial charge is 0.481 e. The number of aryl methyl sites for hydroxylation is 1.